The standard InChI is InChI=1S/C23H22N2OS2/c1-14-12-19(27-15(14)2)21-24-22-20(17-10-6-7-11-18(17)28-22)23(26)25(21)13-16-8-4-3-5-9-16/h3-5,8-9,12H,6-7,10-11,13H2,1-2H3. The molecule has 0 fully saturated rings. The summed E-state index contributed by atoms with van der Waals surface area (Å²) < 4.78 is 1.89. The molecular formula is C23H22N2OS2. The Morgan fingerprint density at radius 1 is 1.07 bits per heavy atom. The van der Waals surface area contributed by atoms with Crippen molar-refractivity contribution in [2.45, 2.75) is 46.1 Å². The molecule has 5 rings (SSSR count). The Labute approximate surface area is 172 Å². The lowest BCUT2D eigenvalue weighted by molar-refractivity contribution is 0.698. The van der Waals surface area contributed by atoms with Gasteiger partial charge in [0, 0.05) is 9.75 Å². The summed E-state index contributed by atoms with van der Waals surface area (Å²) >= 11 is 3.46. The maximum Gasteiger partial charge on any atom is 0.263 e. The van der Waals surface area contributed by atoms with Crippen LogP contribution in [0.15, 0.2) is 41.2 Å². The summed E-state index contributed by atoms with van der Waals surface area (Å²) in [6.07, 6.45) is 4.48. The minimum atomic E-state index is 0.118. The van der Waals surface area contributed by atoms with E-state index in [9.17, 15) is 4.79 Å². The van der Waals surface area contributed by atoms with Crippen LogP contribution in [0.25, 0.3) is 20.9 Å². The van der Waals surface area contributed by atoms with Gasteiger partial charge in [-0.2, -0.15) is 0 Å². The summed E-state index contributed by atoms with van der Waals surface area (Å²) in [5.41, 5.74) is 3.76. The molecule has 0 atom stereocenters. The number of nitrogens with zero attached hydrogens (tertiary/aromatic N) is 2. The van der Waals surface area contributed by atoms with Crippen LogP contribution in [0, 0.1) is 13.8 Å². The van der Waals surface area contributed by atoms with E-state index >= 15 is 0 Å². The molecule has 3 aromatic heterocycles. The van der Waals surface area contributed by atoms with Gasteiger partial charge in [0.05, 0.1) is 16.8 Å². The maximum absolute atomic E-state index is 13.7. The number of aryl methyl sites for hydroxylation is 4. The van der Waals surface area contributed by atoms with Crippen molar-refractivity contribution in [2.75, 3.05) is 0 Å². The number of fused-ring (bicyclic) bond motifs is 3. The minimum Gasteiger partial charge on any atom is -0.287 e. The van der Waals surface area contributed by atoms with Gasteiger partial charge in [-0.1, -0.05) is 30.3 Å². The highest BCUT2D eigenvalue weighted by Gasteiger charge is 2.23. The summed E-state index contributed by atoms with van der Waals surface area (Å²) in [6.45, 7) is 4.81. The van der Waals surface area contributed by atoms with E-state index in [4.69, 9.17) is 4.98 Å². The minimum absolute atomic E-state index is 0.118. The molecule has 0 saturated carbocycles. The summed E-state index contributed by atoms with van der Waals surface area (Å²) in [5, 5.41) is 0.865. The van der Waals surface area contributed by atoms with Gasteiger partial charge in [-0.25, -0.2) is 4.98 Å². The third kappa shape index (κ3) is 2.93. The lowest BCUT2D eigenvalue weighted by atomic mass is 9.97. The number of hydrogen-bond acceptors (Lipinski definition) is 4. The molecule has 0 unspecified atom stereocenters. The molecule has 0 radical (unpaired) electrons. The van der Waals surface area contributed by atoms with Crippen molar-refractivity contribution < 1.29 is 0 Å². The summed E-state index contributed by atoms with van der Waals surface area (Å²) in [6, 6.07) is 12.4. The van der Waals surface area contributed by atoms with Crippen molar-refractivity contribution in [2.24, 2.45) is 0 Å². The Kier molecular flexibility index (Phi) is 4.44. The lowest BCUT2D eigenvalue weighted by Gasteiger charge is -2.13. The molecular weight excluding hydrogens is 384 g/mol. The van der Waals surface area contributed by atoms with E-state index in [2.05, 4.69) is 32.0 Å². The molecule has 0 spiro atoms. The second kappa shape index (κ2) is 6.98. The molecule has 142 valence electrons. The number of rotatable bonds is 3. The van der Waals surface area contributed by atoms with Crippen molar-refractivity contribution in [1.82, 2.24) is 9.55 Å². The van der Waals surface area contributed by atoms with Crippen LogP contribution in [0.5, 0.6) is 0 Å². The molecule has 5 heteroatoms. The molecule has 1 aliphatic carbocycles. The van der Waals surface area contributed by atoms with E-state index in [0.29, 0.717) is 6.54 Å². The third-order valence-electron chi connectivity index (χ3n) is 5.64. The van der Waals surface area contributed by atoms with Crippen LogP contribution in [-0.2, 0) is 19.4 Å². The SMILES string of the molecule is Cc1cc(-c2nc3sc4c(c3c(=O)n2Cc2ccccc2)CCCC4)sc1C. The van der Waals surface area contributed by atoms with Crippen molar-refractivity contribution in [1.29, 1.82) is 0 Å². The summed E-state index contributed by atoms with van der Waals surface area (Å²) in [7, 11) is 0. The van der Waals surface area contributed by atoms with Gasteiger partial charge in [-0.05, 0) is 62.3 Å². The van der Waals surface area contributed by atoms with Crippen LogP contribution in [0.1, 0.15) is 39.3 Å². The van der Waals surface area contributed by atoms with Gasteiger partial charge < -0.3 is 0 Å². The zero-order valence-electron chi connectivity index (χ0n) is 16.1. The Balaban J connectivity index is 1.78. The van der Waals surface area contributed by atoms with E-state index < -0.39 is 0 Å². The van der Waals surface area contributed by atoms with E-state index in [1.54, 1.807) is 22.7 Å². The molecule has 4 aromatic rings. The fourth-order valence-corrected chi connectivity index (χ4v) is 6.31. The zero-order valence-corrected chi connectivity index (χ0v) is 17.8. The first-order valence-corrected chi connectivity index (χ1v) is 11.4. The van der Waals surface area contributed by atoms with Crippen LogP contribution < -0.4 is 5.56 Å². The van der Waals surface area contributed by atoms with Gasteiger partial charge in [0.25, 0.3) is 5.56 Å². The van der Waals surface area contributed by atoms with E-state index in [0.717, 1.165) is 39.3 Å². The predicted molar refractivity (Wildman–Crippen MR) is 119 cm³/mol. The van der Waals surface area contributed by atoms with Crippen molar-refractivity contribution in [3.05, 3.63) is 73.2 Å². The fourth-order valence-electron chi connectivity index (χ4n) is 4.02. The Bertz CT molecular complexity index is 1210. The van der Waals surface area contributed by atoms with Crippen molar-refractivity contribution >= 4 is 32.9 Å². The third-order valence-corrected chi connectivity index (χ3v) is 7.98. The molecule has 1 aliphatic rings. The largest absolute Gasteiger partial charge is 0.287 e. The quantitative estimate of drug-likeness (QED) is 0.435. The maximum atomic E-state index is 13.7. The smallest absolute Gasteiger partial charge is 0.263 e. The Hall–Kier alpha value is -2.24. The van der Waals surface area contributed by atoms with Gasteiger partial charge in [-0.3, -0.25) is 9.36 Å². The van der Waals surface area contributed by atoms with Gasteiger partial charge in [-0.15, -0.1) is 22.7 Å². The normalized spacial score (nSPS) is 13.8. The molecule has 3 heterocycles. The number of benzene rings is 1. The number of thiophene rings is 2. The topological polar surface area (TPSA) is 34.9 Å². The van der Waals surface area contributed by atoms with Crippen LogP contribution in [0.2, 0.25) is 0 Å². The first-order valence-electron chi connectivity index (χ1n) is 9.78. The van der Waals surface area contributed by atoms with E-state index in [1.165, 1.54) is 33.7 Å². The van der Waals surface area contributed by atoms with E-state index in [-0.39, 0.29) is 5.56 Å². The average molecular weight is 407 g/mol. The number of aromatic nitrogens is 2. The molecule has 0 N–H and O–H groups in total. The van der Waals surface area contributed by atoms with Gasteiger partial charge in [0.1, 0.15) is 4.83 Å². The second-order valence-electron chi connectivity index (χ2n) is 7.55. The highest BCUT2D eigenvalue weighted by molar-refractivity contribution is 7.19. The molecule has 3 nitrogen and oxygen atoms in total. The molecule has 0 bridgehead atoms. The summed E-state index contributed by atoms with van der Waals surface area (Å²) in [5.74, 6) is 0.807. The second-order valence-corrected chi connectivity index (χ2v) is 9.89. The first kappa shape index (κ1) is 17.8. The average Bonchev–Trinajstić information content (AvgIpc) is 3.24. The van der Waals surface area contributed by atoms with Crippen LogP contribution >= 0.6 is 22.7 Å². The van der Waals surface area contributed by atoms with Crippen LogP contribution in [0.3, 0.4) is 0 Å². The molecule has 28 heavy (non-hydrogen) atoms. The van der Waals surface area contributed by atoms with Crippen molar-refractivity contribution in [3.8, 4) is 10.7 Å². The zero-order chi connectivity index (χ0) is 19.3. The summed E-state index contributed by atoms with van der Waals surface area (Å²) in [4.78, 5) is 23.4. The van der Waals surface area contributed by atoms with Gasteiger partial charge in [0.2, 0.25) is 0 Å². The van der Waals surface area contributed by atoms with Gasteiger partial charge >= 0.3 is 0 Å². The van der Waals surface area contributed by atoms with Gasteiger partial charge in [0.15, 0.2) is 5.82 Å². The molecule has 0 amide bonds. The predicted octanol–water partition coefficient (Wildman–Crippen LogP) is 5.73. The van der Waals surface area contributed by atoms with Crippen molar-refractivity contribution in [3.63, 3.8) is 0 Å². The first-order chi connectivity index (χ1) is 13.6. The molecule has 1 aromatic carbocycles. The highest BCUT2D eigenvalue weighted by Crippen LogP contribution is 2.36. The highest BCUT2D eigenvalue weighted by atomic mass is 32.1. The fraction of sp³-hybridized carbons (Fsp3) is 0.304. The lowest BCUT2D eigenvalue weighted by Crippen LogP contribution is -2.24. The van der Waals surface area contributed by atoms with Crippen LogP contribution in [-0.4, -0.2) is 9.55 Å². The monoisotopic (exact) mass is 406 g/mol. The Morgan fingerprint density at radius 2 is 1.86 bits per heavy atom. The molecule has 0 aliphatic heterocycles. The molecule has 0 saturated heterocycles. The van der Waals surface area contributed by atoms with E-state index in [1.807, 2.05) is 22.8 Å². The number of hydrogen-bond donors (Lipinski definition) is 0. The van der Waals surface area contributed by atoms with Crippen LogP contribution in [0.4, 0.5) is 0 Å². The Morgan fingerprint density at radius 3 is 2.61 bits per heavy atom.